The maximum atomic E-state index is 12.4. The number of nitrogens with zero attached hydrogens (tertiary/aromatic N) is 1. The number of carbonyl (C=O) groups is 1. The Kier molecular flexibility index (Phi) is 4.51. The van der Waals surface area contributed by atoms with E-state index < -0.39 is 0 Å². The number of fused-ring (bicyclic) bond motifs is 2. The van der Waals surface area contributed by atoms with Crippen molar-refractivity contribution in [3.8, 4) is 0 Å². The number of amides is 1. The van der Waals surface area contributed by atoms with E-state index in [2.05, 4.69) is 18.7 Å². The van der Waals surface area contributed by atoms with Crippen molar-refractivity contribution in [1.82, 2.24) is 4.90 Å². The van der Waals surface area contributed by atoms with Crippen molar-refractivity contribution in [2.45, 2.75) is 77.0 Å². The summed E-state index contributed by atoms with van der Waals surface area (Å²) in [5.74, 6) is 0.282. The van der Waals surface area contributed by atoms with Gasteiger partial charge in [0.15, 0.2) is 0 Å². The van der Waals surface area contributed by atoms with Gasteiger partial charge in [-0.2, -0.15) is 0 Å². The monoisotopic (exact) mass is 268 g/mol. The quantitative estimate of drug-likeness (QED) is 0.797. The summed E-state index contributed by atoms with van der Waals surface area (Å²) >= 11 is 0. The molecule has 2 saturated heterocycles. The lowest BCUT2D eigenvalue weighted by Crippen LogP contribution is -2.48. The highest BCUT2D eigenvalue weighted by molar-refractivity contribution is 5.77. The van der Waals surface area contributed by atoms with Gasteiger partial charge in [0.05, 0.1) is 6.10 Å². The number of nitrogens with two attached hydrogens (primary N) is 1. The highest BCUT2D eigenvalue weighted by Crippen LogP contribution is 2.37. The van der Waals surface area contributed by atoms with Gasteiger partial charge in [-0.25, -0.2) is 0 Å². The first-order chi connectivity index (χ1) is 8.93. The van der Waals surface area contributed by atoms with Crippen molar-refractivity contribution in [3.63, 3.8) is 0 Å². The first-order valence-electron chi connectivity index (χ1n) is 7.62. The molecular formula is C15H28N2O2. The largest absolute Gasteiger partial charge is 0.393 e. The summed E-state index contributed by atoms with van der Waals surface area (Å²) in [6.07, 6.45) is 5.97. The molecule has 2 unspecified atom stereocenters. The number of hydrogen-bond acceptors (Lipinski definition) is 3. The molecule has 0 aromatic carbocycles. The predicted octanol–water partition coefficient (Wildman–Crippen LogP) is 1.66. The molecule has 110 valence electrons. The third-order valence-electron chi connectivity index (χ3n) is 4.83. The van der Waals surface area contributed by atoms with Crippen LogP contribution in [0.15, 0.2) is 0 Å². The first kappa shape index (κ1) is 14.8. The molecular weight excluding hydrogens is 240 g/mol. The van der Waals surface area contributed by atoms with Crippen LogP contribution in [0.1, 0.15) is 58.8 Å². The summed E-state index contributed by atoms with van der Waals surface area (Å²) in [5.41, 5.74) is 5.76. The summed E-state index contributed by atoms with van der Waals surface area (Å²) < 4.78 is 0. The van der Waals surface area contributed by atoms with Gasteiger partial charge in [0.25, 0.3) is 0 Å². The fourth-order valence-electron chi connectivity index (χ4n) is 3.65. The zero-order chi connectivity index (χ0) is 14.0. The Labute approximate surface area is 116 Å². The Hall–Kier alpha value is -0.610. The average Bonchev–Trinajstić information content (AvgIpc) is 2.59. The molecule has 0 aromatic rings. The van der Waals surface area contributed by atoms with Gasteiger partial charge in [-0.15, -0.1) is 0 Å². The minimum atomic E-state index is -0.199. The number of carbonyl (C=O) groups excluding carboxylic acids is 1. The third-order valence-corrected chi connectivity index (χ3v) is 4.83. The van der Waals surface area contributed by atoms with Crippen molar-refractivity contribution in [3.05, 3.63) is 0 Å². The van der Waals surface area contributed by atoms with Gasteiger partial charge in [0, 0.05) is 18.5 Å². The lowest BCUT2D eigenvalue weighted by atomic mass is 9.84. The standard InChI is InChI=1S/C15H28N2O2/c1-15(2,7-8-16)6-5-14(19)17-11-3-4-12(17)10-13(18)9-11/h11-13,18H,3-10,16H2,1-2H3. The second-order valence-corrected chi connectivity index (χ2v) is 7.01. The van der Waals surface area contributed by atoms with E-state index in [0.717, 1.165) is 38.5 Å². The van der Waals surface area contributed by atoms with Gasteiger partial charge in [-0.05, 0) is 50.5 Å². The number of aliphatic hydroxyl groups excluding tert-OH is 1. The van der Waals surface area contributed by atoms with Gasteiger partial charge < -0.3 is 15.7 Å². The van der Waals surface area contributed by atoms with Gasteiger partial charge in [0.1, 0.15) is 0 Å². The summed E-state index contributed by atoms with van der Waals surface area (Å²) in [4.78, 5) is 14.5. The molecule has 1 amide bonds. The van der Waals surface area contributed by atoms with Crippen LogP contribution in [-0.4, -0.2) is 40.6 Å². The summed E-state index contributed by atoms with van der Waals surface area (Å²) in [5, 5.41) is 9.77. The van der Waals surface area contributed by atoms with Gasteiger partial charge >= 0.3 is 0 Å². The molecule has 4 nitrogen and oxygen atoms in total. The van der Waals surface area contributed by atoms with E-state index >= 15 is 0 Å². The molecule has 2 fully saturated rings. The fourth-order valence-corrected chi connectivity index (χ4v) is 3.65. The second kappa shape index (κ2) is 5.80. The van der Waals surface area contributed by atoms with Crippen molar-refractivity contribution in [2.75, 3.05) is 6.54 Å². The zero-order valence-electron chi connectivity index (χ0n) is 12.3. The number of piperidine rings is 1. The summed E-state index contributed by atoms with van der Waals surface area (Å²) in [6.45, 7) is 5.05. The molecule has 2 rings (SSSR count). The Morgan fingerprint density at radius 1 is 1.26 bits per heavy atom. The molecule has 0 saturated carbocycles. The predicted molar refractivity (Wildman–Crippen MR) is 75.6 cm³/mol. The van der Waals surface area contributed by atoms with E-state index in [1.807, 2.05) is 0 Å². The van der Waals surface area contributed by atoms with E-state index in [1.165, 1.54) is 0 Å². The molecule has 0 spiro atoms. The molecule has 0 radical (unpaired) electrons. The lowest BCUT2D eigenvalue weighted by molar-refractivity contribution is -0.138. The van der Waals surface area contributed by atoms with Crippen molar-refractivity contribution in [1.29, 1.82) is 0 Å². The van der Waals surface area contributed by atoms with Crippen LogP contribution in [0.2, 0.25) is 0 Å². The lowest BCUT2D eigenvalue weighted by Gasteiger charge is -2.38. The Bertz CT molecular complexity index is 316. The molecule has 2 heterocycles. The molecule has 2 bridgehead atoms. The van der Waals surface area contributed by atoms with Crippen molar-refractivity contribution in [2.24, 2.45) is 11.1 Å². The van der Waals surface area contributed by atoms with Crippen LogP contribution in [0, 0.1) is 5.41 Å². The van der Waals surface area contributed by atoms with E-state index in [4.69, 9.17) is 5.73 Å². The fraction of sp³-hybridized carbons (Fsp3) is 0.933. The van der Waals surface area contributed by atoms with Crippen LogP contribution >= 0.6 is 0 Å². The molecule has 2 aliphatic rings. The normalized spacial score (nSPS) is 30.7. The number of aliphatic hydroxyl groups is 1. The third kappa shape index (κ3) is 3.48. The van der Waals surface area contributed by atoms with E-state index in [0.29, 0.717) is 25.0 Å². The van der Waals surface area contributed by atoms with Crippen LogP contribution < -0.4 is 5.73 Å². The highest BCUT2D eigenvalue weighted by atomic mass is 16.3. The van der Waals surface area contributed by atoms with Crippen LogP contribution in [0.5, 0.6) is 0 Å². The van der Waals surface area contributed by atoms with Crippen molar-refractivity contribution < 1.29 is 9.90 Å². The molecule has 4 heteroatoms. The maximum absolute atomic E-state index is 12.4. The van der Waals surface area contributed by atoms with Gasteiger partial charge in [0.2, 0.25) is 5.91 Å². The molecule has 19 heavy (non-hydrogen) atoms. The second-order valence-electron chi connectivity index (χ2n) is 7.01. The Balaban J connectivity index is 1.87. The van der Waals surface area contributed by atoms with Gasteiger partial charge in [-0.3, -0.25) is 4.79 Å². The molecule has 2 aliphatic heterocycles. The maximum Gasteiger partial charge on any atom is 0.223 e. The first-order valence-corrected chi connectivity index (χ1v) is 7.62. The Morgan fingerprint density at radius 2 is 1.84 bits per heavy atom. The van der Waals surface area contributed by atoms with Gasteiger partial charge in [-0.1, -0.05) is 13.8 Å². The topological polar surface area (TPSA) is 66.6 Å². The molecule has 2 atom stereocenters. The molecule has 3 N–H and O–H groups in total. The van der Waals surface area contributed by atoms with Crippen LogP contribution in [0.3, 0.4) is 0 Å². The van der Waals surface area contributed by atoms with Crippen LogP contribution in [0.4, 0.5) is 0 Å². The Morgan fingerprint density at radius 3 is 2.37 bits per heavy atom. The molecule has 0 aliphatic carbocycles. The van der Waals surface area contributed by atoms with Crippen LogP contribution in [0.25, 0.3) is 0 Å². The number of hydrogen-bond donors (Lipinski definition) is 2. The SMILES string of the molecule is CC(C)(CCN)CCC(=O)N1C2CCC1CC(O)C2. The minimum absolute atomic E-state index is 0.152. The van der Waals surface area contributed by atoms with E-state index in [-0.39, 0.29) is 17.4 Å². The average molecular weight is 268 g/mol. The smallest absolute Gasteiger partial charge is 0.223 e. The van der Waals surface area contributed by atoms with Crippen LogP contribution in [-0.2, 0) is 4.79 Å². The van der Waals surface area contributed by atoms with Crippen molar-refractivity contribution >= 4 is 5.91 Å². The summed E-state index contributed by atoms with van der Waals surface area (Å²) in [7, 11) is 0. The number of rotatable bonds is 5. The van der Waals surface area contributed by atoms with E-state index in [1.54, 1.807) is 0 Å². The highest BCUT2D eigenvalue weighted by Gasteiger charge is 2.42. The summed E-state index contributed by atoms with van der Waals surface area (Å²) in [6, 6.07) is 0.581. The minimum Gasteiger partial charge on any atom is -0.393 e. The molecule has 0 aromatic heterocycles. The van der Waals surface area contributed by atoms with E-state index in [9.17, 15) is 9.90 Å². The zero-order valence-corrected chi connectivity index (χ0v) is 12.3.